The maximum Gasteiger partial charge on any atom is 0.147 e. The highest BCUT2D eigenvalue weighted by atomic mass is 19.1. The van der Waals surface area contributed by atoms with E-state index in [2.05, 4.69) is 36.1 Å². The number of benzene rings is 2. The van der Waals surface area contributed by atoms with Gasteiger partial charge in [0.05, 0.1) is 29.3 Å². The number of hydrogen-bond donors (Lipinski definition) is 3. The minimum absolute atomic E-state index is 0.187. The third kappa shape index (κ3) is 3.71. The molecule has 4 N–H and O–H groups in total. The van der Waals surface area contributed by atoms with Crippen LogP contribution in [0.1, 0.15) is 5.56 Å². The van der Waals surface area contributed by atoms with E-state index in [1.165, 1.54) is 6.07 Å². The van der Waals surface area contributed by atoms with Gasteiger partial charge in [-0.25, -0.2) is 14.4 Å². The van der Waals surface area contributed by atoms with Gasteiger partial charge in [0.2, 0.25) is 0 Å². The summed E-state index contributed by atoms with van der Waals surface area (Å²) >= 11 is 0. The Kier molecular flexibility index (Phi) is 4.80. The third-order valence-corrected chi connectivity index (χ3v) is 6.85. The molecule has 9 heteroatoms. The second-order valence-electron chi connectivity index (χ2n) is 9.58. The van der Waals surface area contributed by atoms with E-state index in [4.69, 9.17) is 10.7 Å². The standard InChI is InChI=1S/C28H23FN8/c1-15-6-17(8-18(29)7-15)20-4-5-32-28-21(20)10-24(34-28)27-22-9-16(2-3-23(22)35-36-27)25-11-31-12-26(33-25)37-13-19(30)14-37/h2-12,19H,13-14,30H2,1H3,(H,32,34)(H,35,36). The maximum atomic E-state index is 14.1. The normalized spacial score (nSPS) is 14.0. The van der Waals surface area contributed by atoms with Gasteiger partial charge in [0.15, 0.2) is 0 Å². The van der Waals surface area contributed by atoms with E-state index >= 15 is 0 Å². The Morgan fingerprint density at radius 1 is 1.00 bits per heavy atom. The van der Waals surface area contributed by atoms with Gasteiger partial charge in [-0.1, -0.05) is 12.1 Å². The Morgan fingerprint density at radius 3 is 2.73 bits per heavy atom. The number of nitrogens with one attached hydrogen (secondary N) is 2. The lowest BCUT2D eigenvalue weighted by Gasteiger charge is -2.37. The van der Waals surface area contributed by atoms with Crippen LogP contribution in [0.4, 0.5) is 10.2 Å². The first-order valence-electron chi connectivity index (χ1n) is 12.1. The van der Waals surface area contributed by atoms with Crippen LogP contribution >= 0.6 is 0 Å². The Bertz CT molecular complexity index is 1780. The molecule has 1 aliphatic heterocycles. The Morgan fingerprint density at radius 2 is 1.89 bits per heavy atom. The molecule has 0 unspecified atom stereocenters. The molecule has 1 fully saturated rings. The number of anilines is 1. The monoisotopic (exact) mass is 490 g/mol. The molecule has 0 spiro atoms. The number of aromatic nitrogens is 6. The van der Waals surface area contributed by atoms with Crippen molar-refractivity contribution >= 4 is 27.8 Å². The van der Waals surface area contributed by atoms with Crippen LogP contribution < -0.4 is 10.6 Å². The average molecular weight is 491 g/mol. The number of aryl methyl sites for hydroxylation is 1. The molecule has 0 bridgehead atoms. The highest BCUT2D eigenvalue weighted by Gasteiger charge is 2.24. The topological polar surface area (TPSA) is 112 Å². The molecule has 37 heavy (non-hydrogen) atoms. The summed E-state index contributed by atoms with van der Waals surface area (Å²) in [5, 5.41) is 9.58. The van der Waals surface area contributed by atoms with E-state index in [0.29, 0.717) is 5.65 Å². The van der Waals surface area contributed by atoms with Gasteiger partial charge in [-0.2, -0.15) is 5.10 Å². The Labute approximate surface area is 211 Å². The highest BCUT2D eigenvalue weighted by molar-refractivity contribution is 6.00. The lowest BCUT2D eigenvalue weighted by molar-refractivity contribution is 0.514. The number of H-pyrrole nitrogens is 2. The van der Waals surface area contributed by atoms with Crippen molar-refractivity contribution in [2.75, 3.05) is 18.0 Å². The van der Waals surface area contributed by atoms with E-state index in [1.54, 1.807) is 24.7 Å². The van der Waals surface area contributed by atoms with Gasteiger partial charge in [0.1, 0.15) is 23.0 Å². The summed E-state index contributed by atoms with van der Waals surface area (Å²) in [5.41, 5.74) is 13.5. The Hall–Kier alpha value is -4.63. The molecule has 0 saturated carbocycles. The van der Waals surface area contributed by atoms with E-state index in [-0.39, 0.29) is 11.9 Å². The van der Waals surface area contributed by atoms with Crippen LogP contribution in [0.5, 0.6) is 0 Å². The molecular formula is C28H23FN8. The fourth-order valence-electron chi connectivity index (χ4n) is 5.02. The molecule has 0 aliphatic carbocycles. The fourth-order valence-corrected chi connectivity index (χ4v) is 5.02. The summed E-state index contributed by atoms with van der Waals surface area (Å²) in [6.45, 7) is 3.46. The molecule has 7 rings (SSSR count). The Balaban J connectivity index is 1.31. The van der Waals surface area contributed by atoms with Gasteiger partial charge in [0, 0.05) is 41.7 Å². The first-order chi connectivity index (χ1) is 18.0. The van der Waals surface area contributed by atoms with Crippen molar-refractivity contribution in [3.05, 3.63) is 78.5 Å². The van der Waals surface area contributed by atoms with E-state index in [9.17, 15) is 4.39 Å². The first-order valence-corrected chi connectivity index (χ1v) is 12.1. The smallest absolute Gasteiger partial charge is 0.147 e. The van der Waals surface area contributed by atoms with Crippen molar-refractivity contribution in [3.63, 3.8) is 0 Å². The van der Waals surface area contributed by atoms with Crippen molar-refractivity contribution in [1.29, 1.82) is 0 Å². The average Bonchev–Trinajstić information content (AvgIpc) is 3.49. The van der Waals surface area contributed by atoms with Gasteiger partial charge in [-0.05, 0) is 60.0 Å². The predicted octanol–water partition coefficient (Wildman–Crippen LogP) is 4.83. The number of rotatable bonds is 4. The number of pyridine rings is 1. The van der Waals surface area contributed by atoms with Crippen molar-refractivity contribution in [2.45, 2.75) is 13.0 Å². The lowest BCUT2D eigenvalue weighted by Crippen LogP contribution is -2.56. The highest BCUT2D eigenvalue weighted by Crippen LogP contribution is 2.35. The number of hydrogen-bond acceptors (Lipinski definition) is 6. The number of nitrogens with two attached hydrogens (primary N) is 1. The third-order valence-electron chi connectivity index (χ3n) is 6.85. The second kappa shape index (κ2) is 8.21. The maximum absolute atomic E-state index is 14.1. The molecule has 4 aromatic heterocycles. The number of halogens is 1. The predicted molar refractivity (Wildman–Crippen MR) is 143 cm³/mol. The number of aromatic amines is 2. The van der Waals surface area contributed by atoms with Gasteiger partial charge < -0.3 is 15.6 Å². The van der Waals surface area contributed by atoms with Crippen LogP contribution in [0.25, 0.3) is 55.7 Å². The largest absolute Gasteiger partial charge is 0.352 e. The SMILES string of the molecule is Cc1cc(F)cc(-c2ccnc3[nH]c(-c4n[nH]c5ccc(-c6cncc(N7CC(N)C7)n6)cc45)cc23)c1. The summed E-state index contributed by atoms with van der Waals surface area (Å²) in [6.07, 6.45) is 5.27. The fraction of sp³-hybridized carbons (Fsp3) is 0.143. The summed E-state index contributed by atoms with van der Waals surface area (Å²) in [5.74, 6) is 0.569. The quantitative estimate of drug-likeness (QED) is 0.326. The zero-order chi connectivity index (χ0) is 25.1. The summed E-state index contributed by atoms with van der Waals surface area (Å²) in [6, 6.07) is 15.2. The second-order valence-corrected chi connectivity index (χ2v) is 9.58. The van der Waals surface area contributed by atoms with E-state index < -0.39 is 0 Å². The minimum atomic E-state index is -0.259. The molecule has 0 radical (unpaired) electrons. The number of nitrogens with zero attached hydrogens (tertiary/aromatic N) is 5. The van der Waals surface area contributed by atoms with Gasteiger partial charge in [-0.15, -0.1) is 0 Å². The lowest BCUT2D eigenvalue weighted by atomic mass is 10.0. The zero-order valence-electron chi connectivity index (χ0n) is 20.0. The molecule has 182 valence electrons. The molecular weight excluding hydrogens is 467 g/mol. The molecule has 1 aliphatic rings. The van der Waals surface area contributed by atoms with Gasteiger partial charge in [-0.3, -0.25) is 10.1 Å². The number of fused-ring (bicyclic) bond motifs is 2. The van der Waals surface area contributed by atoms with Crippen LogP contribution in [0.15, 0.2) is 67.1 Å². The van der Waals surface area contributed by atoms with E-state index in [1.807, 2.05) is 37.3 Å². The van der Waals surface area contributed by atoms with Crippen LogP contribution in [0, 0.1) is 12.7 Å². The van der Waals surface area contributed by atoms with Gasteiger partial charge >= 0.3 is 0 Å². The molecule has 0 atom stereocenters. The molecule has 6 aromatic rings. The minimum Gasteiger partial charge on any atom is -0.352 e. The molecule has 1 saturated heterocycles. The molecule has 0 amide bonds. The van der Waals surface area contributed by atoms with Crippen molar-refractivity contribution < 1.29 is 4.39 Å². The van der Waals surface area contributed by atoms with Crippen molar-refractivity contribution in [3.8, 4) is 33.8 Å². The zero-order valence-corrected chi connectivity index (χ0v) is 20.0. The molecule has 8 nitrogen and oxygen atoms in total. The summed E-state index contributed by atoms with van der Waals surface area (Å²) in [4.78, 5) is 19.3. The van der Waals surface area contributed by atoms with Crippen LogP contribution in [-0.4, -0.2) is 49.3 Å². The van der Waals surface area contributed by atoms with Crippen LogP contribution in [-0.2, 0) is 0 Å². The van der Waals surface area contributed by atoms with Crippen LogP contribution in [0.3, 0.4) is 0 Å². The van der Waals surface area contributed by atoms with Crippen LogP contribution in [0.2, 0.25) is 0 Å². The van der Waals surface area contributed by atoms with Crippen molar-refractivity contribution in [2.24, 2.45) is 5.73 Å². The molecule has 5 heterocycles. The van der Waals surface area contributed by atoms with Crippen molar-refractivity contribution in [1.82, 2.24) is 30.1 Å². The summed E-state index contributed by atoms with van der Waals surface area (Å²) in [7, 11) is 0. The summed E-state index contributed by atoms with van der Waals surface area (Å²) < 4.78 is 14.1. The van der Waals surface area contributed by atoms with Gasteiger partial charge in [0.25, 0.3) is 0 Å². The molecule has 2 aromatic carbocycles. The first kappa shape index (κ1) is 21.6. The van der Waals surface area contributed by atoms with E-state index in [0.717, 1.165) is 74.5 Å².